The highest BCUT2D eigenvalue weighted by atomic mass is 35.5. The summed E-state index contributed by atoms with van der Waals surface area (Å²) in [7, 11) is 0. The third kappa shape index (κ3) is 4.09. The van der Waals surface area contributed by atoms with Gasteiger partial charge in [-0.25, -0.2) is 0 Å². The van der Waals surface area contributed by atoms with Gasteiger partial charge in [0.25, 0.3) is 0 Å². The number of nitrogens with one attached hydrogen (secondary N) is 2. The molecule has 0 aliphatic carbocycles. The number of aromatic nitrogens is 2. The molecule has 1 aromatic heterocycles. The Bertz CT molecular complexity index is 420. The van der Waals surface area contributed by atoms with Gasteiger partial charge < -0.3 is 10.6 Å². The molecule has 0 amide bonds. The van der Waals surface area contributed by atoms with Crippen molar-refractivity contribution in [2.45, 2.75) is 33.7 Å². The molecular formula is C11H17ClN4S. The van der Waals surface area contributed by atoms with Crippen molar-refractivity contribution in [2.75, 3.05) is 11.9 Å². The van der Waals surface area contributed by atoms with Crippen molar-refractivity contribution in [3.8, 4) is 0 Å². The third-order valence-electron chi connectivity index (χ3n) is 2.33. The van der Waals surface area contributed by atoms with Gasteiger partial charge in [0.15, 0.2) is 11.0 Å². The Kier molecular flexibility index (Phi) is 5.08. The number of anilines is 1. The molecule has 0 fully saturated rings. The van der Waals surface area contributed by atoms with Crippen LogP contribution < -0.4 is 10.6 Å². The molecule has 1 heterocycles. The van der Waals surface area contributed by atoms with Gasteiger partial charge in [0.2, 0.25) is 0 Å². The topological polar surface area (TPSA) is 49.8 Å². The van der Waals surface area contributed by atoms with Crippen LogP contribution in [-0.4, -0.2) is 27.8 Å². The minimum Gasteiger partial charge on any atom is -0.376 e. The molecular weight excluding hydrogens is 256 g/mol. The predicted molar refractivity (Wildman–Crippen MR) is 75.9 cm³/mol. The van der Waals surface area contributed by atoms with Crippen LogP contribution >= 0.6 is 23.8 Å². The standard InChI is InChI=1S/C11H17ClN4S/c1-6(2)14-9(17)5-13-11-8(4)7(3)10(12)15-16-11/h6H,5H2,1-4H3,(H,13,16)(H,14,17). The fourth-order valence-corrected chi connectivity index (χ4v) is 1.77. The molecule has 94 valence electrons. The summed E-state index contributed by atoms with van der Waals surface area (Å²) in [5, 5.41) is 14.6. The highest BCUT2D eigenvalue weighted by Crippen LogP contribution is 2.20. The van der Waals surface area contributed by atoms with Gasteiger partial charge in [-0.15, -0.1) is 10.2 Å². The normalized spacial score (nSPS) is 10.5. The Morgan fingerprint density at radius 2 is 1.94 bits per heavy atom. The Balaban J connectivity index is 2.64. The number of nitrogens with zero attached hydrogens (tertiary/aromatic N) is 2. The maximum absolute atomic E-state index is 5.88. The molecule has 1 rings (SSSR count). The number of hydrogen-bond acceptors (Lipinski definition) is 4. The van der Waals surface area contributed by atoms with Gasteiger partial charge in [-0.1, -0.05) is 23.8 Å². The lowest BCUT2D eigenvalue weighted by Gasteiger charge is -2.13. The molecule has 4 nitrogen and oxygen atoms in total. The summed E-state index contributed by atoms with van der Waals surface area (Å²) < 4.78 is 0. The third-order valence-corrected chi connectivity index (χ3v) is 2.95. The van der Waals surface area contributed by atoms with Crippen LogP contribution in [0.25, 0.3) is 0 Å². The second-order valence-corrected chi connectivity index (χ2v) is 5.02. The minimum atomic E-state index is 0.337. The smallest absolute Gasteiger partial charge is 0.155 e. The van der Waals surface area contributed by atoms with Crippen molar-refractivity contribution >= 4 is 34.6 Å². The fraction of sp³-hybridized carbons (Fsp3) is 0.545. The summed E-state index contributed by atoms with van der Waals surface area (Å²) in [6.45, 7) is 8.51. The molecule has 0 unspecified atom stereocenters. The molecule has 2 N–H and O–H groups in total. The van der Waals surface area contributed by atoms with E-state index >= 15 is 0 Å². The summed E-state index contributed by atoms with van der Waals surface area (Å²) >= 11 is 11.1. The first-order valence-electron chi connectivity index (χ1n) is 5.44. The average molecular weight is 273 g/mol. The second-order valence-electron chi connectivity index (χ2n) is 4.17. The monoisotopic (exact) mass is 272 g/mol. The van der Waals surface area contributed by atoms with Gasteiger partial charge in [-0.05, 0) is 38.8 Å². The van der Waals surface area contributed by atoms with Gasteiger partial charge in [0.1, 0.15) is 0 Å². The van der Waals surface area contributed by atoms with E-state index in [0.29, 0.717) is 17.7 Å². The van der Waals surface area contributed by atoms with Crippen molar-refractivity contribution < 1.29 is 0 Å². The van der Waals surface area contributed by atoms with Crippen LogP contribution in [0.5, 0.6) is 0 Å². The van der Waals surface area contributed by atoms with E-state index in [-0.39, 0.29) is 0 Å². The molecule has 0 saturated carbocycles. The van der Waals surface area contributed by atoms with Crippen molar-refractivity contribution in [1.29, 1.82) is 0 Å². The van der Waals surface area contributed by atoms with E-state index in [1.807, 2.05) is 27.7 Å². The summed E-state index contributed by atoms with van der Waals surface area (Å²) in [6, 6.07) is 0.337. The first-order valence-corrected chi connectivity index (χ1v) is 6.23. The molecule has 0 aliphatic heterocycles. The number of hydrogen-bond donors (Lipinski definition) is 2. The van der Waals surface area contributed by atoms with E-state index in [9.17, 15) is 0 Å². The highest BCUT2D eigenvalue weighted by Gasteiger charge is 2.08. The fourth-order valence-electron chi connectivity index (χ4n) is 1.28. The van der Waals surface area contributed by atoms with Crippen LogP contribution in [0.2, 0.25) is 5.15 Å². The van der Waals surface area contributed by atoms with Crippen LogP contribution in [0.3, 0.4) is 0 Å². The van der Waals surface area contributed by atoms with Crippen molar-refractivity contribution in [2.24, 2.45) is 0 Å². The zero-order valence-corrected chi connectivity index (χ0v) is 12.0. The van der Waals surface area contributed by atoms with Crippen molar-refractivity contribution in [3.05, 3.63) is 16.3 Å². The summed E-state index contributed by atoms with van der Waals surface area (Å²) in [5.74, 6) is 0.722. The van der Waals surface area contributed by atoms with Crippen LogP contribution in [0.15, 0.2) is 0 Å². The van der Waals surface area contributed by atoms with E-state index in [4.69, 9.17) is 23.8 Å². The van der Waals surface area contributed by atoms with E-state index in [1.54, 1.807) is 0 Å². The lowest BCUT2D eigenvalue weighted by atomic mass is 10.2. The SMILES string of the molecule is Cc1c(Cl)nnc(NCC(=S)NC(C)C)c1C. The van der Waals surface area contributed by atoms with Gasteiger partial charge >= 0.3 is 0 Å². The lowest BCUT2D eigenvalue weighted by molar-refractivity contribution is 0.735. The van der Waals surface area contributed by atoms with Gasteiger partial charge in [-0.2, -0.15) is 0 Å². The van der Waals surface area contributed by atoms with E-state index in [0.717, 1.165) is 21.9 Å². The van der Waals surface area contributed by atoms with Crippen molar-refractivity contribution in [3.63, 3.8) is 0 Å². The first kappa shape index (κ1) is 14.1. The van der Waals surface area contributed by atoms with Crippen molar-refractivity contribution in [1.82, 2.24) is 15.5 Å². The highest BCUT2D eigenvalue weighted by molar-refractivity contribution is 7.80. The predicted octanol–water partition coefficient (Wildman–Crippen LogP) is 2.48. The van der Waals surface area contributed by atoms with Gasteiger partial charge in [0, 0.05) is 6.04 Å². The van der Waals surface area contributed by atoms with Crippen LogP contribution in [0.1, 0.15) is 25.0 Å². The summed E-state index contributed by atoms with van der Waals surface area (Å²) in [6.07, 6.45) is 0. The summed E-state index contributed by atoms with van der Waals surface area (Å²) in [4.78, 5) is 0.758. The lowest BCUT2D eigenvalue weighted by Crippen LogP contribution is -2.33. The molecule has 0 radical (unpaired) electrons. The number of thiocarbonyl (C=S) groups is 1. The minimum absolute atomic E-state index is 0.337. The molecule has 6 heteroatoms. The average Bonchev–Trinajstić information content (AvgIpc) is 2.24. The van der Waals surface area contributed by atoms with E-state index in [2.05, 4.69) is 20.8 Å². The summed E-state index contributed by atoms with van der Waals surface area (Å²) in [5.41, 5.74) is 1.93. The van der Waals surface area contributed by atoms with Gasteiger partial charge in [-0.3, -0.25) is 0 Å². The maximum atomic E-state index is 5.88. The molecule has 0 spiro atoms. The van der Waals surface area contributed by atoms with E-state index in [1.165, 1.54) is 0 Å². The molecule has 0 bridgehead atoms. The van der Waals surface area contributed by atoms with Crippen LogP contribution in [0, 0.1) is 13.8 Å². The van der Waals surface area contributed by atoms with Crippen LogP contribution in [0.4, 0.5) is 5.82 Å². The second kappa shape index (κ2) is 6.12. The quantitative estimate of drug-likeness (QED) is 0.825. The van der Waals surface area contributed by atoms with E-state index < -0.39 is 0 Å². The molecule has 1 aromatic rings. The Morgan fingerprint density at radius 3 is 2.53 bits per heavy atom. The maximum Gasteiger partial charge on any atom is 0.155 e. The zero-order chi connectivity index (χ0) is 13.0. The molecule has 0 saturated heterocycles. The molecule has 0 aromatic carbocycles. The Labute approximate surface area is 112 Å². The first-order chi connectivity index (χ1) is 7.91. The number of rotatable bonds is 4. The number of halogens is 1. The zero-order valence-electron chi connectivity index (χ0n) is 10.5. The Morgan fingerprint density at radius 1 is 1.29 bits per heavy atom. The molecule has 0 atom stereocenters. The Hall–Kier alpha value is -0.940. The van der Waals surface area contributed by atoms with Gasteiger partial charge in [0.05, 0.1) is 11.5 Å². The molecule has 17 heavy (non-hydrogen) atoms. The van der Waals surface area contributed by atoms with Crippen LogP contribution in [-0.2, 0) is 0 Å². The molecule has 0 aliphatic rings. The largest absolute Gasteiger partial charge is 0.376 e.